The zero-order chi connectivity index (χ0) is 13.9. The Kier molecular flexibility index (Phi) is 21.7. The first-order valence-corrected chi connectivity index (χ1v) is 2.97. The van der Waals surface area contributed by atoms with Crippen molar-refractivity contribution in [3.05, 3.63) is 0 Å². The van der Waals surface area contributed by atoms with Gasteiger partial charge in [0.15, 0.2) is 5.97 Å². The summed E-state index contributed by atoms with van der Waals surface area (Å²) in [7, 11) is -2.17. The van der Waals surface area contributed by atoms with Crippen molar-refractivity contribution in [3.8, 4) is 0 Å². The molecule has 13 heteroatoms. The van der Waals surface area contributed by atoms with Crippen LogP contribution in [0.25, 0.3) is 0 Å². The molecule has 0 bridgehead atoms. The van der Waals surface area contributed by atoms with Crippen molar-refractivity contribution in [3.63, 3.8) is 0 Å². The number of carboxylic acids is 4. The molecule has 0 aromatic rings. The van der Waals surface area contributed by atoms with Crippen molar-refractivity contribution in [1.29, 1.82) is 0 Å². The van der Waals surface area contributed by atoms with Crippen LogP contribution in [0.2, 0.25) is 0 Å². The molecule has 0 aliphatic rings. The molecule has 0 aromatic heterocycles. The zero-order valence-electron chi connectivity index (χ0n) is 8.30. The van der Waals surface area contributed by atoms with Crippen LogP contribution in [0.15, 0.2) is 0 Å². The Morgan fingerprint density at radius 3 is 0.882 bits per heavy atom. The molecule has 6 N–H and O–H groups in total. The van der Waals surface area contributed by atoms with Gasteiger partial charge in [0, 0.05) is 0 Å². The molecule has 0 unspecified atom stereocenters. The first-order chi connectivity index (χ1) is 7.02. The quantitative estimate of drug-likeness (QED) is 0.178. The van der Waals surface area contributed by atoms with Gasteiger partial charge in [-0.25, -0.2) is 14.4 Å². The number of hydrogen-bond acceptors (Lipinski definition) is 8. The van der Waals surface area contributed by atoms with E-state index in [1.165, 1.54) is 0 Å². The van der Waals surface area contributed by atoms with E-state index < -0.39 is 31.2 Å². The maximum atomic E-state index is 9.10. The largest absolute Gasteiger partial charge is 1.00 e. The number of hydrogen-bond donors (Lipinski definition) is 6. The van der Waals surface area contributed by atoms with E-state index in [0.717, 1.165) is 0 Å². The third-order valence-electron chi connectivity index (χ3n) is 0.358. The van der Waals surface area contributed by atoms with E-state index in [1.807, 2.05) is 0 Å². The molecule has 0 spiro atoms. The summed E-state index contributed by atoms with van der Waals surface area (Å²) in [6.45, 7) is 0. The van der Waals surface area contributed by atoms with Crippen molar-refractivity contribution in [2.75, 3.05) is 0 Å². The van der Waals surface area contributed by atoms with Gasteiger partial charge in [0.1, 0.15) is 0 Å². The van der Waals surface area contributed by atoms with Gasteiger partial charge >= 0.3 is 54.8 Å². The Bertz CT molecular complexity index is 211. The van der Waals surface area contributed by atoms with Crippen LogP contribution in [0.5, 0.6) is 0 Å². The second kappa shape index (κ2) is 14.8. The normalized spacial score (nSPS) is 6.76. The SMILES string of the molecule is O=C(O)C(=O)O.O=C([O-])C(=O)O.OB(O)O.[Na+]. The molecule has 11 nitrogen and oxygen atoms in total. The summed E-state index contributed by atoms with van der Waals surface area (Å²) in [5.41, 5.74) is 0. The fraction of sp³-hybridized carbons (Fsp3) is 0. The third kappa shape index (κ3) is 52.3. The average molecular weight is 264 g/mol. The molecule has 0 aliphatic carbocycles. The molecule has 0 saturated carbocycles. The molecule has 0 aromatic carbocycles. The van der Waals surface area contributed by atoms with Crippen LogP contribution in [0.1, 0.15) is 0 Å². The first kappa shape index (κ1) is 24.9. The smallest absolute Gasteiger partial charge is 0.539 e. The van der Waals surface area contributed by atoms with E-state index in [0.29, 0.717) is 0 Å². The van der Waals surface area contributed by atoms with Crippen LogP contribution in [0.3, 0.4) is 0 Å². The van der Waals surface area contributed by atoms with Crippen LogP contribution < -0.4 is 34.7 Å². The van der Waals surface area contributed by atoms with Gasteiger partial charge < -0.3 is 40.3 Å². The van der Waals surface area contributed by atoms with Crippen molar-refractivity contribution >= 4 is 31.2 Å². The summed E-state index contributed by atoms with van der Waals surface area (Å²) in [6, 6.07) is 0. The molecule has 0 aliphatic heterocycles. The molecule has 92 valence electrons. The summed E-state index contributed by atoms with van der Waals surface area (Å²) < 4.78 is 0. The molecule has 0 saturated heterocycles. The summed E-state index contributed by atoms with van der Waals surface area (Å²) in [6.07, 6.45) is 0. The van der Waals surface area contributed by atoms with Crippen LogP contribution in [-0.2, 0) is 19.2 Å². The molecule has 0 amide bonds. The standard InChI is InChI=1S/2C2H2O4.BH3O3.Na/c2*3-1(4)2(5)6;2-1(3)4;/h2*(H,3,4)(H,5,6);2-4H;/q;;;+1/p-1. The van der Waals surface area contributed by atoms with Crippen molar-refractivity contribution in [2.45, 2.75) is 0 Å². The van der Waals surface area contributed by atoms with Gasteiger partial charge in [-0.3, -0.25) is 0 Å². The second-order valence-corrected chi connectivity index (χ2v) is 1.55. The molecule has 0 radical (unpaired) electrons. The van der Waals surface area contributed by atoms with Crippen molar-refractivity contribution in [1.82, 2.24) is 0 Å². The van der Waals surface area contributed by atoms with Crippen molar-refractivity contribution in [2.24, 2.45) is 0 Å². The van der Waals surface area contributed by atoms with E-state index in [4.69, 9.17) is 54.7 Å². The van der Waals surface area contributed by atoms with Crippen LogP contribution in [0.4, 0.5) is 0 Å². The minimum atomic E-state index is -2.17. The van der Waals surface area contributed by atoms with E-state index in [1.54, 1.807) is 0 Å². The Morgan fingerprint density at radius 1 is 0.765 bits per heavy atom. The molecular formula is C4H6BNaO11. The Labute approximate surface area is 115 Å². The molecule has 0 atom stereocenters. The number of carbonyl (C=O) groups excluding carboxylic acids is 1. The zero-order valence-corrected chi connectivity index (χ0v) is 10.3. The molecule has 0 heterocycles. The van der Waals surface area contributed by atoms with Gasteiger partial charge in [-0.2, -0.15) is 0 Å². The second-order valence-electron chi connectivity index (χ2n) is 1.55. The third-order valence-corrected chi connectivity index (χ3v) is 0.358. The van der Waals surface area contributed by atoms with E-state index >= 15 is 0 Å². The van der Waals surface area contributed by atoms with Gasteiger partial charge in [0.2, 0.25) is 0 Å². The fourth-order valence-corrected chi connectivity index (χ4v) is 0. The van der Waals surface area contributed by atoms with Gasteiger partial charge in [0.05, 0.1) is 0 Å². The number of rotatable bonds is 0. The van der Waals surface area contributed by atoms with Gasteiger partial charge in [-0.05, 0) is 0 Å². The maximum absolute atomic E-state index is 9.10. The minimum absolute atomic E-state index is 0. The first-order valence-electron chi connectivity index (χ1n) is 2.97. The van der Waals surface area contributed by atoms with E-state index in [2.05, 4.69) is 0 Å². The summed E-state index contributed by atoms with van der Waals surface area (Å²) >= 11 is 0. The number of carbonyl (C=O) groups is 4. The Balaban J connectivity index is -0.0000000741. The average Bonchev–Trinajstić information content (AvgIpc) is 2.03. The molecule has 17 heavy (non-hydrogen) atoms. The molecular weight excluding hydrogens is 258 g/mol. The van der Waals surface area contributed by atoms with Crippen molar-refractivity contribution < 1.29 is 84.2 Å². The molecule has 0 rings (SSSR count). The summed E-state index contributed by atoms with van der Waals surface area (Å²) in [4.78, 5) is 36.2. The van der Waals surface area contributed by atoms with E-state index in [-0.39, 0.29) is 29.6 Å². The van der Waals surface area contributed by atoms with E-state index in [9.17, 15) is 0 Å². The Hall–Kier alpha value is -1.18. The number of carboxylic acid groups (broad SMARTS) is 4. The summed E-state index contributed by atoms with van der Waals surface area (Å²) in [5, 5.41) is 52.6. The Morgan fingerprint density at radius 2 is 0.882 bits per heavy atom. The number of aliphatic carboxylic acids is 4. The monoisotopic (exact) mass is 264 g/mol. The minimum Gasteiger partial charge on any atom is -0.539 e. The topological polar surface area (TPSA) is 213 Å². The van der Waals surface area contributed by atoms with Gasteiger partial charge in [-0.1, -0.05) is 0 Å². The van der Waals surface area contributed by atoms with Crippen LogP contribution in [0, 0.1) is 0 Å². The maximum Gasteiger partial charge on any atom is 1.00 e. The van der Waals surface area contributed by atoms with Gasteiger partial charge in [-0.15, -0.1) is 0 Å². The predicted molar refractivity (Wildman–Crippen MR) is 40.3 cm³/mol. The van der Waals surface area contributed by atoms with Gasteiger partial charge in [0.25, 0.3) is 0 Å². The fourth-order valence-electron chi connectivity index (χ4n) is 0. The summed E-state index contributed by atoms with van der Waals surface area (Å²) in [5.74, 6) is -7.66. The molecule has 0 fully saturated rings. The van der Waals surface area contributed by atoms with Crippen LogP contribution in [-0.4, -0.2) is 61.6 Å². The predicted octanol–water partition coefficient (Wildman–Crippen LogP) is -8.07. The van der Waals surface area contributed by atoms with Crippen LogP contribution >= 0.6 is 0 Å².